The van der Waals surface area contributed by atoms with Gasteiger partial charge in [0.15, 0.2) is 5.78 Å². The summed E-state index contributed by atoms with van der Waals surface area (Å²) in [5, 5.41) is 3.60. The van der Waals surface area contributed by atoms with E-state index in [9.17, 15) is 9.18 Å². The Balaban J connectivity index is 0.00000280. The lowest BCUT2D eigenvalue weighted by Gasteiger charge is -2.29. The predicted octanol–water partition coefficient (Wildman–Crippen LogP) is 5.54. The number of rotatable bonds is 8. The van der Waals surface area contributed by atoms with Crippen LogP contribution in [0, 0.1) is 5.82 Å². The van der Waals surface area contributed by atoms with Crippen LogP contribution in [0.2, 0.25) is 0 Å². The fourth-order valence-electron chi connectivity index (χ4n) is 3.84. The van der Waals surface area contributed by atoms with Gasteiger partial charge in [0.2, 0.25) is 0 Å². The van der Waals surface area contributed by atoms with E-state index in [1.54, 1.807) is 19.2 Å². The molecule has 0 bridgehead atoms. The first-order valence-electron chi connectivity index (χ1n) is 9.82. The van der Waals surface area contributed by atoms with Crippen molar-refractivity contribution in [3.8, 4) is 5.75 Å². The Labute approximate surface area is 173 Å². The van der Waals surface area contributed by atoms with Gasteiger partial charge in [-0.3, -0.25) is 4.79 Å². The average molecular weight is 406 g/mol. The molecule has 2 aromatic rings. The third-order valence-corrected chi connectivity index (χ3v) is 5.49. The molecule has 5 heteroatoms. The first kappa shape index (κ1) is 22.4. The number of carbonyl (C=O) groups is 1. The number of nitrogens with one attached hydrogen (secondary N) is 1. The Morgan fingerprint density at radius 3 is 2.29 bits per heavy atom. The summed E-state index contributed by atoms with van der Waals surface area (Å²) in [6.45, 7) is 0.852. The van der Waals surface area contributed by atoms with Gasteiger partial charge in [-0.25, -0.2) is 4.39 Å². The lowest BCUT2D eigenvalue weighted by molar-refractivity contribution is 0.0979. The molecule has 1 saturated carbocycles. The number of benzene rings is 2. The van der Waals surface area contributed by atoms with E-state index in [4.69, 9.17) is 4.74 Å². The van der Waals surface area contributed by atoms with Crippen molar-refractivity contribution in [3.63, 3.8) is 0 Å². The molecule has 0 atom stereocenters. The lowest BCUT2D eigenvalue weighted by Crippen LogP contribution is -2.33. The molecular formula is C23H29ClFNO2. The zero-order valence-corrected chi connectivity index (χ0v) is 17.1. The maximum atomic E-state index is 12.9. The molecule has 2 aromatic carbocycles. The second kappa shape index (κ2) is 11.2. The molecule has 0 saturated heterocycles. The Bertz CT molecular complexity index is 725. The monoisotopic (exact) mass is 405 g/mol. The number of carbonyl (C=O) groups excluding carboxylic acids is 1. The Morgan fingerprint density at radius 2 is 1.68 bits per heavy atom. The van der Waals surface area contributed by atoms with Gasteiger partial charge >= 0.3 is 0 Å². The summed E-state index contributed by atoms with van der Waals surface area (Å²) in [6.07, 6.45) is 6.04. The Morgan fingerprint density at radius 1 is 1.04 bits per heavy atom. The zero-order chi connectivity index (χ0) is 19.1. The third-order valence-electron chi connectivity index (χ3n) is 5.49. The molecule has 0 amide bonds. The molecule has 152 valence electrons. The van der Waals surface area contributed by atoms with E-state index in [-0.39, 0.29) is 24.0 Å². The molecule has 0 spiro atoms. The SMILES string of the molecule is COc1ccc(C2CCC(NCCCC(=O)c3ccc(F)cc3)CC2)cc1.Cl. The first-order chi connectivity index (χ1) is 13.2. The number of hydrogen-bond acceptors (Lipinski definition) is 3. The number of halogens is 2. The molecule has 0 radical (unpaired) electrons. The first-order valence-corrected chi connectivity index (χ1v) is 9.82. The third kappa shape index (κ3) is 6.32. The molecule has 3 nitrogen and oxygen atoms in total. The summed E-state index contributed by atoms with van der Waals surface area (Å²) in [6, 6.07) is 14.8. The molecule has 0 aliphatic heterocycles. The van der Waals surface area contributed by atoms with Gasteiger partial charge in [-0.05, 0) is 86.5 Å². The van der Waals surface area contributed by atoms with Crippen molar-refractivity contribution in [3.05, 3.63) is 65.5 Å². The molecule has 1 aliphatic carbocycles. The average Bonchev–Trinajstić information content (AvgIpc) is 2.72. The highest BCUT2D eigenvalue weighted by molar-refractivity contribution is 5.95. The van der Waals surface area contributed by atoms with E-state index >= 15 is 0 Å². The molecule has 28 heavy (non-hydrogen) atoms. The van der Waals surface area contributed by atoms with Gasteiger partial charge in [0, 0.05) is 18.0 Å². The summed E-state index contributed by atoms with van der Waals surface area (Å²) in [5.41, 5.74) is 2.00. The minimum Gasteiger partial charge on any atom is -0.497 e. The molecule has 0 aromatic heterocycles. The quantitative estimate of drug-likeness (QED) is 0.463. The van der Waals surface area contributed by atoms with E-state index in [0.717, 1.165) is 18.7 Å². The van der Waals surface area contributed by atoms with Gasteiger partial charge in [0.05, 0.1) is 7.11 Å². The molecular weight excluding hydrogens is 377 g/mol. The van der Waals surface area contributed by atoms with Crippen LogP contribution in [0.1, 0.15) is 60.4 Å². The smallest absolute Gasteiger partial charge is 0.162 e. The maximum Gasteiger partial charge on any atom is 0.162 e. The van der Waals surface area contributed by atoms with Crippen molar-refractivity contribution in [2.45, 2.75) is 50.5 Å². The van der Waals surface area contributed by atoms with E-state index in [1.165, 1.54) is 43.4 Å². The lowest BCUT2D eigenvalue weighted by atomic mass is 9.81. The van der Waals surface area contributed by atoms with Crippen molar-refractivity contribution < 1.29 is 13.9 Å². The summed E-state index contributed by atoms with van der Waals surface area (Å²) >= 11 is 0. The van der Waals surface area contributed by atoms with E-state index in [0.29, 0.717) is 23.9 Å². The van der Waals surface area contributed by atoms with Crippen LogP contribution in [0.25, 0.3) is 0 Å². The summed E-state index contributed by atoms with van der Waals surface area (Å²) < 4.78 is 18.1. The highest BCUT2D eigenvalue weighted by Gasteiger charge is 2.22. The second-order valence-electron chi connectivity index (χ2n) is 7.31. The largest absolute Gasteiger partial charge is 0.497 e. The van der Waals surface area contributed by atoms with Crippen LogP contribution >= 0.6 is 12.4 Å². The molecule has 1 N–H and O–H groups in total. The van der Waals surface area contributed by atoms with Crippen LogP contribution < -0.4 is 10.1 Å². The van der Waals surface area contributed by atoms with Crippen LogP contribution in [-0.2, 0) is 0 Å². The van der Waals surface area contributed by atoms with Gasteiger partial charge in [-0.15, -0.1) is 12.4 Å². The van der Waals surface area contributed by atoms with Crippen molar-refractivity contribution in [2.75, 3.05) is 13.7 Å². The van der Waals surface area contributed by atoms with Crippen LogP contribution in [-0.4, -0.2) is 25.5 Å². The number of ether oxygens (including phenoxy) is 1. The standard InChI is InChI=1S/C23H28FNO2.ClH/c1-27-22-14-8-18(9-15-22)17-6-12-21(13-7-17)25-16-2-3-23(26)19-4-10-20(24)11-5-19;/h4-5,8-11,14-15,17,21,25H,2-3,6-7,12-13,16H2,1H3;1H. The van der Waals surface area contributed by atoms with Gasteiger partial charge < -0.3 is 10.1 Å². The Kier molecular flexibility index (Phi) is 8.94. The number of Topliss-reactive ketones (excluding diaryl/α,β-unsaturated/α-hetero) is 1. The van der Waals surface area contributed by atoms with Gasteiger partial charge in [-0.1, -0.05) is 12.1 Å². The number of hydrogen-bond donors (Lipinski definition) is 1. The molecule has 1 fully saturated rings. The molecule has 1 aliphatic rings. The van der Waals surface area contributed by atoms with Gasteiger partial charge in [0.1, 0.15) is 11.6 Å². The minimum absolute atomic E-state index is 0. The molecule has 0 heterocycles. The van der Waals surface area contributed by atoms with Crippen molar-refractivity contribution in [2.24, 2.45) is 0 Å². The fraction of sp³-hybridized carbons (Fsp3) is 0.435. The van der Waals surface area contributed by atoms with E-state index in [1.807, 2.05) is 12.1 Å². The predicted molar refractivity (Wildman–Crippen MR) is 113 cm³/mol. The highest BCUT2D eigenvalue weighted by Crippen LogP contribution is 2.33. The van der Waals surface area contributed by atoms with Crippen LogP contribution in [0.5, 0.6) is 5.75 Å². The number of methoxy groups -OCH3 is 1. The van der Waals surface area contributed by atoms with Crippen molar-refractivity contribution in [1.29, 1.82) is 0 Å². The van der Waals surface area contributed by atoms with Crippen LogP contribution in [0.15, 0.2) is 48.5 Å². The summed E-state index contributed by atoms with van der Waals surface area (Å²) in [4.78, 5) is 12.1. The van der Waals surface area contributed by atoms with Crippen LogP contribution in [0.3, 0.4) is 0 Å². The second-order valence-corrected chi connectivity index (χ2v) is 7.31. The number of ketones is 1. The highest BCUT2D eigenvalue weighted by atomic mass is 35.5. The maximum absolute atomic E-state index is 12.9. The van der Waals surface area contributed by atoms with Crippen LogP contribution in [0.4, 0.5) is 4.39 Å². The van der Waals surface area contributed by atoms with Crippen molar-refractivity contribution in [1.82, 2.24) is 5.32 Å². The van der Waals surface area contributed by atoms with E-state index in [2.05, 4.69) is 17.4 Å². The molecule has 3 rings (SSSR count). The fourth-order valence-corrected chi connectivity index (χ4v) is 3.84. The molecule has 0 unspecified atom stereocenters. The summed E-state index contributed by atoms with van der Waals surface area (Å²) in [5.74, 6) is 1.32. The summed E-state index contributed by atoms with van der Waals surface area (Å²) in [7, 11) is 1.69. The zero-order valence-electron chi connectivity index (χ0n) is 16.3. The van der Waals surface area contributed by atoms with Gasteiger partial charge in [0.25, 0.3) is 0 Å². The van der Waals surface area contributed by atoms with E-state index < -0.39 is 0 Å². The normalized spacial score (nSPS) is 18.9. The minimum atomic E-state index is -0.307. The Hall–Kier alpha value is -1.91. The van der Waals surface area contributed by atoms with Gasteiger partial charge in [-0.2, -0.15) is 0 Å². The van der Waals surface area contributed by atoms with Crippen molar-refractivity contribution >= 4 is 18.2 Å². The topological polar surface area (TPSA) is 38.3 Å².